The predicted molar refractivity (Wildman–Crippen MR) is 87.1 cm³/mol. The van der Waals surface area contributed by atoms with Gasteiger partial charge in [0.2, 0.25) is 5.91 Å². The summed E-state index contributed by atoms with van der Waals surface area (Å²) in [4.78, 5) is 19.3. The number of fused-ring (bicyclic) bond motifs is 1. The van der Waals surface area contributed by atoms with Crippen LogP contribution in [0.25, 0.3) is 0 Å². The molecule has 2 aliphatic rings. The van der Waals surface area contributed by atoms with E-state index >= 15 is 0 Å². The number of aromatic nitrogens is 2. The number of hydrogen-bond donors (Lipinski definition) is 0. The van der Waals surface area contributed by atoms with E-state index in [0.29, 0.717) is 13.1 Å². The van der Waals surface area contributed by atoms with E-state index in [4.69, 9.17) is 9.15 Å². The number of carbonyl (C=O) groups excluding carboxylic acids is 1. The first-order valence-electron chi connectivity index (χ1n) is 8.71. The van der Waals surface area contributed by atoms with Gasteiger partial charge in [0.05, 0.1) is 25.2 Å². The average molecular weight is 329 g/mol. The van der Waals surface area contributed by atoms with E-state index in [-0.39, 0.29) is 17.9 Å². The first kappa shape index (κ1) is 15.4. The Morgan fingerprint density at radius 3 is 3.17 bits per heavy atom. The summed E-state index contributed by atoms with van der Waals surface area (Å²) in [7, 11) is 0. The van der Waals surface area contributed by atoms with Gasteiger partial charge in [-0.1, -0.05) is 0 Å². The third-order valence-corrected chi connectivity index (χ3v) is 5.01. The molecule has 1 saturated heterocycles. The molecule has 0 bridgehead atoms. The lowest BCUT2D eigenvalue weighted by Crippen LogP contribution is -2.42. The zero-order valence-corrected chi connectivity index (χ0v) is 13.8. The molecule has 0 radical (unpaired) electrons. The normalized spacial score (nSPS) is 23.2. The summed E-state index contributed by atoms with van der Waals surface area (Å²) >= 11 is 0. The SMILES string of the molecule is O=C([C@H]1CCn2cncc2C1)N(Cc1ccco1)C[C@H]1CCCO1. The van der Waals surface area contributed by atoms with Crippen molar-refractivity contribution in [1.82, 2.24) is 14.5 Å². The van der Waals surface area contributed by atoms with Crippen LogP contribution < -0.4 is 0 Å². The Morgan fingerprint density at radius 2 is 2.38 bits per heavy atom. The minimum atomic E-state index is 0.0190. The van der Waals surface area contributed by atoms with Crippen LogP contribution in [0.5, 0.6) is 0 Å². The van der Waals surface area contributed by atoms with E-state index in [2.05, 4.69) is 9.55 Å². The summed E-state index contributed by atoms with van der Waals surface area (Å²) in [6.07, 6.45) is 9.26. The van der Waals surface area contributed by atoms with Gasteiger partial charge in [0.25, 0.3) is 0 Å². The molecule has 0 saturated carbocycles. The molecule has 1 amide bonds. The fraction of sp³-hybridized carbons (Fsp3) is 0.556. The summed E-state index contributed by atoms with van der Waals surface area (Å²) in [5.41, 5.74) is 1.15. The number of ether oxygens (including phenoxy) is 1. The maximum absolute atomic E-state index is 13.1. The molecule has 2 aliphatic heterocycles. The smallest absolute Gasteiger partial charge is 0.226 e. The fourth-order valence-corrected chi connectivity index (χ4v) is 3.70. The van der Waals surface area contributed by atoms with Crippen molar-refractivity contribution >= 4 is 5.91 Å². The van der Waals surface area contributed by atoms with Crippen LogP contribution in [0, 0.1) is 5.92 Å². The monoisotopic (exact) mass is 329 g/mol. The van der Waals surface area contributed by atoms with Crippen molar-refractivity contribution in [3.8, 4) is 0 Å². The highest BCUT2D eigenvalue weighted by molar-refractivity contribution is 5.79. The molecule has 0 N–H and O–H groups in total. The van der Waals surface area contributed by atoms with Gasteiger partial charge in [0, 0.05) is 43.9 Å². The zero-order chi connectivity index (χ0) is 16.4. The second-order valence-electron chi connectivity index (χ2n) is 6.70. The Balaban J connectivity index is 1.47. The van der Waals surface area contributed by atoms with E-state index in [1.807, 2.05) is 29.6 Å². The van der Waals surface area contributed by atoms with Crippen LogP contribution in [0.15, 0.2) is 35.3 Å². The predicted octanol–water partition coefficient (Wildman–Crippen LogP) is 2.25. The van der Waals surface area contributed by atoms with Crippen LogP contribution >= 0.6 is 0 Å². The van der Waals surface area contributed by atoms with Crippen molar-refractivity contribution in [3.05, 3.63) is 42.4 Å². The molecule has 128 valence electrons. The highest BCUT2D eigenvalue weighted by atomic mass is 16.5. The maximum atomic E-state index is 13.1. The lowest BCUT2D eigenvalue weighted by atomic mass is 9.94. The second-order valence-corrected chi connectivity index (χ2v) is 6.70. The van der Waals surface area contributed by atoms with Crippen LogP contribution in [0.4, 0.5) is 0 Å². The molecular weight excluding hydrogens is 306 g/mol. The number of nitrogens with zero attached hydrogens (tertiary/aromatic N) is 3. The molecule has 0 aliphatic carbocycles. The number of carbonyl (C=O) groups is 1. The van der Waals surface area contributed by atoms with Crippen LogP contribution in [0.3, 0.4) is 0 Å². The van der Waals surface area contributed by atoms with Gasteiger partial charge in [-0.15, -0.1) is 0 Å². The summed E-state index contributed by atoms with van der Waals surface area (Å²) in [5.74, 6) is 1.04. The van der Waals surface area contributed by atoms with Crippen LogP contribution in [0.2, 0.25) is 0 Å². The minimum absolute atomic E-state index is 0.0190. The summed E-state index contributed by atoms with van der Waals surface area (Å²) in [6.45, 7) is 2.83. The molecule has 4 heterocycles. The van der Waals surface area contributed by atoms with E-state index in [1.54, 1.807) is 6.26 Å². The maximum Gasteiger partial charge on any atom is 0.226 e. The molecule has 2 aromatic heterocycles. The topological polar surface area (TPSA) is 60.5 Å². The average Bonchev–Trinajstić information content (AvgIpc) is 3.35. The van der Waals surface area contributed by atoms with Gasteiger partial charge in [-0.2, -0.15) is 0 Å². The first-order valence-corrected chi connectivity index (χ1v) is 8.71. The number of rotatable bonds is 5. The fourth-order valence-electron chi connectivity index (χ4n) is 3.70. The Morgan fingerprint density at radius 1 is 1.42 bits per heavy atom. The third-order valence-electron chi connectivity index (χ3n) is 5.01. The van der Waals surface area contributed by atoms with Crippen molar-refractivity contribution in [2.75, 3.05) is 13.2 Å². The molecule has 1 fully saturated rings. The molecule has 24 heavy (non-hydrogen) atoms. The Bertz CT molecular complexity index is 674. The van der Waals surface area contributed by atoms with Crippen molar-refractivity contribution in [2.45, 2.75) is 44.9 Å². The molecule has 0 spiro atoms. The van der Waals surface area contributed by atoms with Crippen molar-refractivity contribution < 1.29 is 13.9 Å². The number of imidazole rings is 1. The van der Waals surface area contributed by atoms with Gasteiger partial charge in [-0.05, 0) is 31.4 Å². The van der Waals surface area contributed by atoms with Gasteiger partial charge in [0.1, 0.15) is 5.76 Å². The van der Waals surface area contributed by atoms with Gasteiger partial charge < -0.3 is 18.6 Å². The van der Waals surface area contributed by atoms with Gasteiger partial charge >= 0.3 is 0 Å². The number of hydrogen-bond acceptors (Lipinski definition) is 4. The second kappa shape index (κ2) is 6.81. The standard InChI is InChI=1S/C18H23N3O3/c22-18(14-5-6-20-13-19-10-15(20)9-14)21(11-16-3-1-7-23-16)12-17-4-2-8-24-17/h1,3,7,10,13-14,17H,2,4-6,8-9,11-12H2/t14-,17+/m0/s1. The minimum Gasteiger partial charge on any atom is -0.467 e. The van der Waals surface area contributed by atoms with Crippen LogP contribution in [0.1, 0.15) is 30.7 Å². The van der Waals surface area contributed by atoms with Crippen molar-refractivity contribution in [3.63, 3.8) is 0 Å². The van der Waals surface area contributed by atoms with Crippen molar-refractivity contribution in [2.24, 2.45) is 5.92 Å². The molecule has 0 aromatic carbocycles. The summed E-state index contributed by atoms with van der Waals surface area (Å²) in [5, 5.41) is 0. The van der Waals surface area contributed by atoms with Gasteiger partial charge in [0.15, 0.2) is 0 Å². The zero-order valence-electron chi connectivity index (χ0n) is 13.8. The van der Waals surface area contributed by atoms with Gasteiger partial charge in [-0.25, -0.2) is 4.98 Å². The lowest BCUT2D eigenvalue weighted by molar-refractivity contribution is -0.138. The van der Waals surface area contributed by atoms with Crippen LogP contribution in [-0.4, -0.2) is 39.6 Å². The highest BCUT2D eigenvalue weighted by Gasteiger charge is 2.31. The summed E-state index contributed by atoms with van der Waals surface area (Å²) in [6, 6.07) is 3.79. The third kappa shape index (κ3) is 3.24. The van der Waals surface area contributed by atoms with Gasteiger partial charge in [-0.3, -0.25) is 4.79 Å². The number of amides is 1. The molecule has 0 unspecified atom stereocenters. The number of aryl methyl sites for hydroxylation is 1. The Kier molecular flexibility index (Phi) is 4.38. The van der Waals surface area contributed by atoms with Crippen LogP contribution in [-0.2, 0) is 29.0 Å². The molecule has 2 aromatic rings. The summed E-state index contributed by atoms with van der Waals surface area (Å²) < 4.78 is 13.3. The molecular formula is C18H23N3O3. The number of furan rings is 1. The molecule has 4 rings (SSSR count). The van der Waals surface area contributed by atoms with E-state index < -0.39 is 0 Å². The quantitative estimate of drug-likeness (QED) is 0.844. The molecule has 6 heteroatoms. The molecule has 6 nitrogen and oxygen atoms in total. The Hall–Kier alpha value is -2.08. The van der Waals surface area contributed by atoms with E-state index in [1.165, 1.54) is 0 Å². The Labute approximate surface area is 141 Å². The first-order chi connectivity index (χ1) is 11.8. The largest absolute Gasteiger partial charge is 0.467 e. The highest BCUT2D eigenvalue weighted by Crippen LogP contribution is 2.24. The van der Waals surface area contributed by atoms with Crippen molar-refractivity contribution in [1.29, 1.82) is 0 Å². The lowest BCUT2D eigenvalue weighted by Gasteiger charge is -2.31. The van der Waals surface area contributed by atoms with E-state index in [0.717, 1.165) is 50.3 Å². The van der Waals surface area contributed by atoms with E-state index in [9.17, 15) is 4.79 Å². The molecule has 2 atom stereocenters.